The van der Waals surface area contributed by atoms with Gasteiger partial charge in [0.25, 0.3) is 0 Å². The maximum absolute atomic E-state index is 12.5. The first kappa shape index (κ1) is 17.2. The minimum absolute atomic E-state index is 0.0695. The third kappa shape index (κ3) is 3.44. The summed E-state index contributed by atoms with van der Waals surface area (Å²) in [7, 11) is 1.59. The van der Waals surface area contributed by atoms with E-state index in [0.717, 1.165) is 11.3 Å². The molecule has 2 aromatic carbocycles. The highest BCUT2D eigenvalue weighted by Crippen LogP contribution is 2.20. The van der Waals surface area contributed by atoms with Crippen molar-refractivity contribution >= 4 is 38.4 Å². The van der Waals surface area contributed by atoms with E-state index >= 15 is 0 Å². The van der Waals surface area contributed by atoms with Crippen LogP contribution in [0.2, 0.25) is 0 Å². The summed E-state index contributed by atoms with van der Waals surface area (Å²) in [4.78, 5) is 24.8. The predicted molar refractivity (Wildman–Crippen MR) is 102 cm³/mol. The molecule has 0 bridgehead atoms. The van der Waals surface area contributed by atoms with Gasteiger partial charge in [-0.05, 0) is 59.3 Å². The molecule has 3 aromatic rings. The Morgan fingerprint density at radius 2 is 1.84 bits per heavy atom. The molecule has 0 saturated carbocycles. The monoisotopic (exact) mass is 400 g/mol. The molecule has 25 heavy (non-hydrogen) atoms. The van der Waals surface area contributed by atoms with Gasteiger partial charge in [-0.2, -0.15) is 0 Å². The van der Waals surface area contributed by atoms with Crippen molar-refractivity contribution in [1.29, 1.82) is 0 Å². The lowest BCUT2D eigenvalue weighted by molar-refractivity contribution is -0.116. The number of aromatic nitrogens is 1. The van der Waals surface area contributed by atoms with Gasteiger partial charge in [0.1, 0.15) is 12.3 Å². The Morgan fingerprint density at radius 1 is 1.16 bits per heavy atom. The van der Waals surface area contributed by atoms with E-state index < -0.39 is 0 Å². The van der Waals surface area contributed by atoms with E-state index in [4.69, 9.17) is 4.74 Å². The average Bonchev–Trinajstić information content (AvgIpc) is 2.64. The summed E-state index contributed by atoms with van der Waals surface area (Å²) in [5.41, 5.74) is 2.07. The molecule has 6 heteroatoms. The molecule has 1 amide bonds. The van der Waals surface area contributed by atoms with Crippen LogP contribution in [-0.2, 0) is 11.3 Å². The van der Waals surface area contributed by atoms with Crippen LogP contribution in [0.15, 0.2) is 57.8 Å². The zero-order valence-corrected chi connectivity index (χ0v) is 15.5. The number of para-hydroxylation sites is 1. The number of hydrogen-bond acceptors (Lipinski definition) is 3. The first-order chi connectivity index (χ1) is 12.0. The molecule has 0 aliphatic rings. The summed E-state index contributed by atoms with van der Waals surface area (Å²) in [5, 5.41) is 3.44. The number of methoxy groups -OCH3 is 1. The SMILES string of the molecule is COc1ccc(NC(=O)Cn2c(C)c(Br)c(=O)c3ccccc32)cc1. The van der Waals surface area contributed by atoms with Gasteiger partial charge in [0.05, 0.1) is 17.1 Å². The number of hydrogen-bond donors (Lipinski definition) is 1. The van der Waals surface area contributed by atoms with Crippen LogP contribution < -0.4 is 15.5 Å². The fourth-order valence-corrected chi connectivity index (χ4v) is 3.13. The maximum Gasteiger partial charge on any atom is 0.244 e. The number of carbonyl (C=O) groups is 1. The van der Waals surface area contributed by atoms with Gasteiger partial charge < -0.3 is 14.6 Å². The molecular formula is C19H17BrN2O3. The maximum atomic E-state index is 12.5. The van der Waals surface area contributed by atoms with Crippen molar-refractivity contribution in [2.45, 2.75) is 13.5 Å². The first-order valence-corrected chi connectivity index (χ1v) is 8.52. The Morgan fingerprint density at radius 3 is 2.52 bits per heavy atom. The molecule has 5 nitrogen and oxygen atoms in total. The molecule has 1 heterocycles. The smallest absolute Gasteiger partial charge is 0.244 e. The number of benzene rings is 2. The molecule has 0 aliphatic heterocycles. The third-order valence-electron chi connectivity index (χ3n) is 4.04. The first-order valence-electron chi connectivity index (χ1n) is 7.73. The number of pyridine rings is 1. The highest BCUT2D eigenvalue weighted by Gasteiger charge is 2.14. The van der Waals surface area contributed by atoms with Crippen molar-refractivity contribution < 1.29 is 9.53 Å². The van der Waals surface area contributed by atoms with Gasteiger partial charge in [-0.1, -0.05) is 12.1 Å². The molecule has 0 fully saturated rings. The Bertz CT molecular complexity index is 994. The van der Waals surface area contributed by atoms with Crippen LogP contribution in [0.1, 0.15) is 5.69 Å². The van der Waals surface area contributed by atoms with E-state index in [2.05, 4.69) is 21.2 Å². The number of halogens is 1. The van der Waals surface area contributed by atoms with Gasteiger partial charge in [0.15, 0.2) is 0 Å². The molecule has 0 saturated heterocycles. The van der Waals surface area contributed by atoms with Crippen molar-refractivity contribution in [2.75, 3.05) is 12.4 Å². The normalized spacial score (nSPS) is 10.7. The Kier molecular flexibility index (Phi) is 4.90. The predicted octanol–water partition coefficient (Wildman–Crippen LogP) is 3.72. The lowest BCUT2D eigenvalue weighted by Gasteiger charge is -2.16. The van der Waals surface area contributed by atoms with E-state index in [1.165, 1.54) is 0 Å². The van der Waals surface area contributed by atoms with Crippen molar-refractivity contribution in [3.63, 3.8) is 0 Å². The standard InChI is InChI=1S/C19H17BrN2O3/c1-12-18(20)19(24)15-5-3-4-6-16(15)22(12)11-17(23)21-13-7-9-14(25-2)10-8-13/h3-10H,11H2,1-2H3,(H,21,23). The zero-order valence-electron chi connectivity index (χ0n) is 13.9. The summed E-state index contributed by atoms with van der Waals surface area (Å²) in [6.45, 7) is 1.93. The lowest BCUT2D eigenvalue weighted by atomic mass is 10.2. The average molecular weight is 401 g/mol. The minimum atomic E-state index is -0.172. The minimum Gasteiger partial charge on any atom is -0.497 e. The molecule has 0 radical (unpaired) electrons. The quantitative estimate of drug-likeness (QED) is 0.725. The Balaban J connectivity index is 1.92. The zero-order chi connectivity index (χ0) is 18.0. The van der Waals surface area contributed by atoms with Crippen LogP contribution in [0, 0.1) is 6.92 Å². The molecule has 0 atom stereocenters. The molecule has 1 N–H and O–H groups in total. The number of nitrogens with zero attached hydrogens (tertiary/aromatic N) is 1. The molecule has 1 aromatic heterocycles. The largest absolute Gasteiger partial charge is 0.497 e. The molecular weight excluding hydrogens is 384 g/mol. The van der Waals surface area contributed by atoms with E-state index in [1.54, 1.807) is 37.4 Å². The summed E-state index contributed by atoms with van der Waals surface area (Å²) in [6, 6.07) is 14.4. The fourth-order valence-electron chi connectivity index (χ4n) is 2.70. The summed E-state index contributed by atoms with van der Waals surface area (Å²) < 4.78 is 7.41. The van der Waals surface area contributed by atoms with Gasteiger partial charge in [-0.3, -0.25) is 9.59 Å². The van der Waals surface area contributed by atoms with Crippen molar-refractivity contribution in [1.82, 2.24) is 4.57 Å². The van der Waals surface area contributed by atoms with Gasteiger partial charge >= 0.3 is 0 Å². The molecule has 0 spiro atoms. The summed E-state index contributed by atoms with van der Waals surface area (Å²) in [5.74, 6) is 0.554. The highest BCUT2D eigenvalue weighted by atomic mass is 79.9. The number of carbonyl (C=O) groups excluding carboxylic acids is 1. The molecule has 0 unspecified atom stereocenters. The van der Waals surface area contributed by atoms with Crippen LogP contribution in [-0.4, -0.2) is 17.6 Å². The topological polar surface area (TPSA) is 60.3 Å². The third-order valence-corrected chi connectivity index (χ3v) is 4.97. The van der Waals surface area contributed by atoms with Gasteiger partial charge in [-0.25, -0.2) is 0 Å². The van der Waals surface area contributed by atoms with E-state index in [1.807, 2.05) is 29.7 Å². The highest BCUT2D eigenvalue weighted by molar-refractivity contribution is 9.10. The second-order valence-corrected chi connectivity index (χ2v) is 6.40. The van der Waals surface area contributed by atoms with Gasteiger partial charge in [0, 0.05) is 16.8 Å². The molecule has 128 valence electrons. The number of amides is 1. The fraction of sp³-hybridized carbons (Fsp3) is 0.158. The lowest BCUT2D eigenvalue weighted by Crippen LogP contribution is -2.23. The second kappa shape index (κ2) is 7.11. The van der Waals surface area contributed by atoms with Crippen LogP contribution in [0.4, 0.5) is 5.69 Å². The van der Waals surface area contributed by atoms with Crippen molar-refractivity contribution in [2.24, 2.45) is 0 Å². The van der Waals surface area contributed by atoms with Crippen LogP contribution in [0.5, 0.6) is 5.75 Å². The van der Waals surface area contributed by atoms with Crippen molar-refractivity contribution in [3.05, 3.63) is 68.9 Å². The van der Waals surface area contributed by atoms with Crippen molar-refractivity contribution in [3.8, 4) is 5.75 Å². The number of rotatable bonds is 4. The van der Waals surface area contributed by atoms with E-state index in [-0.39, 0.29) is 17.9 Å². The summed E-state index contributed by atoms with van der Waals surface area (Å²) in [6.07, 6.45) is 0. The molecule has 3 rings (SSSR count). The van der Waals surface area contributed by atoms with E-state index in [0.29, 0.717) is 21.2 Å². The Labute approximate surface area is 153 Å². The van der Waals surface area contributed by atoms with Gasteiger partial charge in [-0.15, -0.1) is 0 Å². The van der Waals surface area contributed by atoms with Crippen LogP contribution >= 0.6 is 15.9 Å². The second-order valence-electron chi connectivity index (χ2n) is 5.61. The van der Waals surface area contributed by atoms with Crippen LogP contribution in [0.3, 0.4) is 0 Å². The van der Waals surface area contributed by atoms with Gasteiger partial charge in [0.2, 0.25) is 11.3 Å². The molecule has 0 aliphatic carbocycles. The number of nitrogens with one attached hydrogen (secondary N) is 1. The van der Waals surface area contributed by atoms with E-state index in [9.17, 15) is 9.59 Å². The summed E-state index contributed by atoms with van der Waals surface area (Å²) >= 11 is 3.34. The Hall–Kier alpha value is -2.60. The number of ether oxygens (including phenoxy) is 1. The number of fused-ring (bicyclic) bond motifs is 1. The van der Waals surface area contributed by atoms with Crippen LogP contribution in [0.25, 0.3) is 10.9 Å². The number of anilines is 1.